The van der Waals surface area contributed by atoms with Gasteiger partial charge in [0, 0.05) is 24.7 Å². The van der Waals surface area contributed by atoms with E-state index in [1.807, 2.05) is 6.92 Å². The molecule has 4 nitrogen and oxygen atoms in total. The Hall–Kier alpha value is -1.32. The molecule has 19 heavy (non-hydrogen) atoms. The van der Waals surface area contributed by atoms with Crippen LogP contribution in [0.1, 0.15) is 46.4 Å². The average molecular weight is 262 g/mol. The summed E-state index contributed by atoms with van der Waals surface area (Å²) in [6, 6.07) is 2.08. The maximum atomic E-state index is 4.60. The third-order valence-corrected chi connectivity index (χ3v) is 3.31. The lowest BCUT2D eigenvalue weighted by molar-refractivity contribution is 0.444. The third kappa shape index (κ3) is 4.08. The molecule has 4 heteroatoms. The van der Waals surface area contributed by atoms with Crippen molar-refractivity contribution in [2.75, 3.05) is 23.3 Å². The minimum Gasteiger partial charge on any atom is -0.365 e. The molecule has 1 unspecified atom stereocenters. The number of anilines is 2. The summed E-state index contributed by atoms with van der Waals surface area (Å²) in [5.41, 5.74) is 0.0211. The van der Waals surface area contributed by atoms with E-state index < -0.39 is 0 Å². The molecule has 0 amide bonds. The van der Waals surface area contributed by atoms with E-state index in [1.54, 1.807) is 0 Å². The van der Waals surface area contributed by atoms with Gasteiger partial charge in [-0.2, -0.15) is 0 Å². The smallest absolute Gasteiger partial charge is 0.134 e. The maximum Gasteiger partial charge on any atom is 0.134 e. The highest BCUT2D eigenvalue weighted by Gasteiger charge is 2.19. The first-order valence-electron chi connectivity index (χ1n) is 7.22. The molecule has 1 fully saturated rings. The van der Waals surface area contributed by atoms with Gasteiger partial charge < -0.3 is 10.2 Å². The molecule has 0 saturated carbocycles. The van der Waals surface area contributed by atoms with Crippen LogP contribution in [0.3, 0.4) is 0 Å². The molecule has 0 aliphatic carbocycles. The largest absolute Gasteiger partial charge is 0.365 e. The van der Waals surface area contributed by atoms with Gasteiger partial charge in [0.15, 0.2) is 0 Å². The zero-order valence-corrected chi connectivity index (χ0v) is 12.8. The Morgan fingerprint density at radius 2 is 2.05 bits per heavy atom. The van der Waals surface area contributed by atoms with E-state index in [2.05, 4.69) is 53.9 Å². The number of hydrogen-bond donors (Lipinski definition) is 1. The van der Waals surface area contributed by atoms with Crippen LogP contribution < -0.4 is 10.2 Å². The van der Waals surface area contributed by atoms with E-state index in [4.69, 9.17) is 0 Å². The van der Waals surface area contributed by atoms with E-state index in [0.29, 0.717) is 0 Å². The van der Waals surface area contributed by atoms with E-state index in [-0.39, 0.29) is 5.54 Å². The molecule has 0 spiro atoms. The summed E-state index contributed by atoms with van der Waals surface area (Å²) in [4.78, 5) is 11.5. The molecule has 1 aliphatic heterocycles. The first kappa shape index (κ1) is 14.1. The fraction of sp³-hybridized carbons (Fsp3) is 0.733. The molecule has 2 rings (SSSR count). The van der Waals surface area contributed by atoms with Gasteiger partial charge in [-0.05, 0) is 46.5 Å². The summed E-state index contributed by atoms with van der Waals surface area (Å²) in [5.74, 6) is 3.57. The number of aryl methyl sites for hydroxylation is 1. The van der Waals surface area contributed by atoms with Crippen LogP contribution >= 0.6 is 0 Å². The summed E-state index contributed by atoms with van der Waals surface area (Å²) in [5, 5.41) is 3.43. The first-order valence-corrected chi connectivity index (χ1v) is 7.22. The molecule has 1 aromatic heterocycles. The van der Waals surface area contributed by atoms with Crippen LogP contribution in [0, 0.1) is 12.8 Å². The summed E-state index contributed by atoms with van der Waals surface area (Å²) in [6.07, 6.45) is 2.58. The number of nitrogens with one attached hydrogen (secondary N) is 1. The standard InChI is InChI=1S/C15H26N4/c1-11-7-6-8-19(10-11)14-9-13(16-12(2)17-14)18-15(3,4)5/h9,11H,6-8,10H2,1-5H3,(H,16,17,18). The molecule has 2 heterocycles. The Morgan fingerprint density at radius 3 is 2.68 bits per heavy atom. The average Bonchev–Trinajstić information content (AvgIpc) is 2.25. The quantitative estimate of drug-likeness (QED) is 0.888. The third-order valence-electron chi connectivity index (χ3n) is 3.31. The van der Waals surface area contributed by atoms with Crippen LogP contribution in [-0.4, -0.2) is 28.6 Å². The molecule has 0 bridgehead atoms. The second-order valence-electron chi connectivity index (χ2n) is 6.73. The van der Waals surface area contributed by atoms with Crippen LogP contribution in [0.4, 0.5) is 11.6 Å². The van der Waals surface area contributed by atoms with Gasteiger partial charge in [0.05, 0.1) is 0 Å². The lowest BCUT2D eigenvalue weighted by Gasteiger charge is -2.32. The van der Waals surface area contributed by atoms with Crippen molar-refractivity contribution >= 4 is 11.6 Å². The number of aromatic nitrogens is 2. The lowest BCUT2D eigenvalue weighted by Crippen LogP contribution is -2.35. The molecule has 106 valence electrons. The Labute approximate surface area is 116 Å². The van der Waals surface area contributed by atoms with Crippen LogP contribution in [0.5, 0.6) is 0 Å². The van der Waals surface area contributed by atoms with Gasteiger partial charge in [-0.3, -0.25) is 0 Å². The van der Waals surface area contributed by atoms with Crippen LogP contribution in [0.25, 0.3) is 0 Å². The number of hydrogen-bond acceptors (Lipinski definition) is 4. The Kier molecular flexibility index (Phi) is 3.97. The molecule has 1 atom stereocenters. The van der Waals surface area contributed by atoms with E-state index in [1.165, 1.54) is 12.8 Å². The summed E-state index contributed by atoms with van der Waals surface area (Å²) < 4.78 is 0. The Morgan fingerprint density at radius 1 is 1.32 bits per heavy atom. The molecule has 0 radical (unpaired) electrons. The molecule has 1 saturated heterocycles. The summed E-state index contributed by atoms with van der Waals surface area (Å²) in [6.45, 7) is 12.9. The molecule has 1 aromatic rings. The zero-order valence-electron chi connectivity index (χ0n) is 12.8. The van der Waals surface area contributed by atoms with Gasteiger partial charge in [-0.25, -0.2) is 9.97 Å². The second-order valence-corrected chi connectivity index (χ2v) is 6.73. The predicted octanol–water partition coefficient (Wildman–Crippen LogP) is 3.23. The highest BCUT2D eigenvalue weighted by Crippen LogP contribution is 2.24. The molecule has 0 aromatic carbocycles. The summed E-state index contributed by atoms with van der Waals surface area (Å²) in [7, 11) is 0. The van der Waals surface area contributed by atoms with Gasteiger partial charge >= 0.3 is 0 Å². The van der Waals surface area contributed by atoms with Crippen molar-refractivity contribution in [1.82, 2.24) is 9.97 Å². The van der Waals surface area contributed by atoms with E-state index in [0.717, 1.165) is 36.5 Å². The number of rotatable bonds is 2. The topological polar surface area (TPSA) is 41.1 Å². The molecular formula is C15H26N4. The molecule has 1 aliphatic rings. The van der Waals surface area contributed by atoms with Gasteiger partial charge in [-0.15, -0.1) is 0 Å². The van der Waals surface area contributed by atoms with E-state index >= 15 is 0 Å². The van der Waals surface area contributed by atoms with Crippen molar-refractivity contribution in [3.63, 3.8) is 0 Å². The number of piperidine rings is 1. The van der Waals surface area contributed by atoms with E-state index in [9.17, 15) is 0 Å². The summed E-state index contributed by atoms with van der Waals surface area (Å²) >= 11 is 0. The van der Waals surface area contributed by atoms with Gasteiger partial charge in [-0.1, -0.05) is 6.92 Å². The monoisotopic (exact) mass is 262 g/mol. The minimum absolute atomic E-state index is 0.0211. The molecular weight excluding hydrogens is 236 g/mol. The minimum atomic E-state index is 0.0211. The highest BCUT2D eigenvalue weighted by atomic mass is 15.2. The van der Waals surface area contributed by atoms with Crippen molar-refractivity contribution in [3.8, 4) is 0 Å². The van der Waals surface area contributed by atoms with Crippen molar-refractivity contribution < 1.29 is 0 Å². The van der Waals surface area contributed by atoms with Crippen LogP contribution in [0.2, 0.25) is 0 Å². The van der Waals surface area contributed by atoms with Gasteiger partial charge in [0.1, 0.15) is 17.5 Å². The van der Waals surface area contributed by atoms with Crippen molar-refractivity contribution in [1.29, 1.82) is 0 Å². The molecule has 1 N–H and O–H groups in total. The zero-order chi connectivity index (χ0) is 14.0. The highest BCUT2D eigenvalue weighted by molar-refractivity contribution is 5.50. The Bertz CT molecular complexity index is 436. The van der Waals surface area contributed by atoms with Crippen molar-refractivity contribution in [2.45, 2.75) is 53.0 Å². The SMILES string of the molecule is Cc1nc(NC(C)(C)C)cc(N2CCCC(C)C2)n1. The van der Waals surface area contributed by atoms with Crippen LogP contribution in [-0.2, 0) is 0 Å². The maximum absolute atomic E-state index is 4.60. The van der Waals surface area contributed by atoms with Crippen LogP contribution in [0.15, 0.2) is 6.07 Å². The normalized spacial score (nSPS) is 20.5. The second kappa shape index (κ2) is 5.35. The van der Waals surface area contributed by atoms with Gasteiger partial charge in [0.25, 0.3) is 0 Å². The van der Waals surface area contributed by atoms with Gasteiger partial charge in [0.2, 0.25) is 0 Å². The lowest BCUT2D eigenvalue weighted by atomic mass is 10.0. The predicted molar refractivity (Wildman–Crippen MR) is 80.8 cm³/mol. The fourth-order valence-corrected chi connectivity index (χ4v) is 2.56. The Balaban J connectivity index is 2.21. The van der Waals surface area contributed by atoms with Crippen molar-refractivity contribution in [2.24, 2.45) is 5.92 Å². The first-order chi connectivity index (χ1) is 8.83. The van der Waals surface area contributed by atoms with Crippen molar-refractivity contribution in [3.05, 3.63) is 11.9 Å². The fourth-order valence-electron chi connectivity index (χ4n) is 2.56. The number of nitrogens with zero attached hydrogens (tertiary/aromatic N) is 3.